The van der Waals surface area contributed by atoms with E-state index in [9.17, 15) is 18.0 Å². The Bertz CT molecular complexity index is 830. The smallest absolute Gasteiger partial charge is 0.349 e. The van der Waals surface area contributed by atoms with E-state index in [0.717, 1.165) is 12.1 Å². The van der Waals surface area contributed by atoms with E-state index in [-0.39, 0.29) is 31.5 Å². The monoisotopic (exact) mass is 397 g/mol. The van der Waals surface area contributed by atoms with Crippen molar-refractivity contribution in [2.45, 2.75) is 19.3 Å². The van der Waals surface area contributed by atoms with Crippen molar-refractivity contribution in [3.63, 3.8) is 0 Å². The summed E-state index contributed by atoms with van der Waals surface area (Å²) in [4.78, 5) is 21.6. The summed E-state index contributed by atoms with van der Waals surface area (Å²) in [5, 5.41) is 9.82. The number of hydrogen-bond donors (Lipinski definition) is 2. The number of guanidine groups is 1. The zero-order valence-corrected chi connectivity index (χ0v) is 15.8. The molecule has 0 aliphatic heterocycles. The summed E-state index contributed by atoms with van der Waals surface area (Å²) in [6.45, 7) is 0.273. The lowest BCUT2D eigenvalue weighted by Crippen LogP contribution is -2.43. The number of aromatic nitrogens is 3. The van der Waals surface area contributed by atoms with Crippen molar-refractivity contribution in [1.29, 1.82) is 0 Å². The van der Waals surface area contributed by atoms with E-state index < -0.39 is 11.7 Å². The van der Waals surface area contributed by atoms with Gasteiger partial charge in [0.15, 0.2) is 5.96 Å². The molecule has 0 aliphatic rings. The molecule has 0 unspecified atom stereocenters. The third-order valence-electron chi connectivity index (χ3n) is 3.80. The molecule has 1 heterocycles. The highest BCUT2D eigenvalue weighted by atomic mass is 19.4. The van der Waals surface area contributed by atoms with Crippen LogP contribution < -0.4 is 10.6 Å². The van der Waals surface area contributed by atoms with Gasteiger partial charge in [-0.2, -0.15) is 18.3 Å². The number of halogens is 3. The van der Waals surface area contributed by atoms with Crippen LogP contribution >= 0.6 is 0 Å². The largest absolute Gasteiger partial charge is 0.416 e. The standard InChI is InChI=1S/C17H22F3N7O/c1-26(2)15(28)10-23-16(22-9-14-24-11-25-27(14)3)21-8-12-5-4-6-13(7-12)17(18,19)20/h4-7,11H,8-10H2,1-3H3,(H2,21,22,23). The molecule has 1 aromatic heterocycles. The van der Waals surface area contributed by atoms with Crippen LogP contribution in [0, 0.1) is 0 Å². The molecule has 0 bridgehead atoms. The second-order valence-corrected chi connectivity index (χ2v) is 6.16. The molecule has 1 aromatic carbocycles. The number of nitrogens with zero attached hydrogens (tertiary/aromatic N) is 5. The van der Waals surface area contributed by atoms with Gasteiger partial charge in [0, 0.05) is 21.1 Å². The average molecular weight is 397 g/mol. The molecule has 2 rings (SSSR count). The number of likely N-dealkylation sites (N-methyl/N-ethyl adjacent to an activating group) is 1. The zero-order valence-electron chi connectivity index (χ0n) is 15.8. The number of rotatable bonds is 6. The topological polar surface area (TPSA) is 87.4 Å². The predicted molar refractivity (Wildman–Crippen MR) is 97.1 cm³/mol. The van der Waals surface area contributed by atoms with Crippen molar-refractivity contribution < 1.29 is 18.0 Å². The van der Waals surface area contributed by atoms with Crippen LogP contribution in [0.2, 0.25) is 0 Å². The van der Waals surface area contributed by atoms with Gasteiger partial charge in [0.05, 0.1) is 25.2 Å². The second-order valence-electron chi connectivity index (χ2n) is 6.16. The Labute approximate surface area is 160 Å². The SMILES string of the molecule is CN(C)C(=O)CNC(=NCc1cccc(C(F)(F)F)c1)NCc1ncnn1C. The Hall–Kier alpha value is -3.11. The molecule has 0 spiro atoms. The molecular formula is C17H22F3N7O. The Morgan fingerprint density at radius 3 is 2.64 bits per heavy atom. The van der Waals surface area contributed by atoms with E-state index in [1.807, 2.05) is 0 Å². The van der Waals surface area contributed by atoms with Gasteiger partial charge in [-0.25, -0.2) is 9.98 Å². The van der Waals surface area contributed by atoms with Gasteiger partial charge in [-0.05, 0) is 17.7 Å². The maximum Gasteiger partial charge on any atom is 0.416 e. The zero-order chi connectivity index (χ0) is 20.7. The highest BCUT2D eigenvalue weighted by molar-refractivity contribution is 5.86. The fourth-order valence-corrected chi connectivity index (χ4v) is 2.15. The molecule has 1 amide bonds. The quantitative estimate of drug-likeness (QED) is 0.564. The van der Waals surface area contributed by atoms with E-state index in [1.54, 1.807) is 31.9 Å². The summed E-state index contributed by atoms with van der Waals surface area (Å²) >= 11 is 0. The van der Waals surface area contributed by atoms with Gasteiger partial charge in [0.25, 0.3) is 0 Å². The maximum absolute atomic E-state index is 12.8. The van der Waals surface area contributed by atoms with Crippen molar-refractivity contribution in [3.8, 4) is 0 Å². The number of nitrogens with one attached hydrogen (secondary N) is 2. The molecule has 2 N–H and O–H groups in total. The fraction of sp³-hybridized carbons (Fsp3) is 0.412. The predicted octanol–water partition coefficient (Wildman–Crippen LogP) is 1.16. The normalized spacial score (nSPS) is 12.0. The number of benzene rings is 1. The average Bonchev–Trinajstić information content (AvgIpc) is 3.05. The van der Waals surface area contributed by atoms with Gasteiger partial charge in [-0.1, -0.05) is 12.1 Å². The molecule has 152 valence electrons. The van der Waals surface area contributed by atoms with Crippen LogP contribution in [-0.2, 0) is 31.1 Å². The second kappa shape index (κ2) is 9.20. The van der Waals surface area contributed by atoms with Crippen LogP contribution in [0.25, 0.3) is 0 Å². The molecule has 0 atom stereocenters. The van der Waals surface area contributed by atoms with E-state index >= 15 is 0 Å². The molecule has 28 heavy (non-hydrogen) atoms. The molecule has 0 aliphatic carbocycles. The Morgan fingerprint density at radius 1 is 1.29 bits per heavy atom. The summed E-state index contributed by atoms with van der Waals surface area (Å²) in [7, 11) is 4.97. The van der Waals surface area contributed by atoms with Crippen molar-refractivity contribution >= 4 is 11.9 Å². The minimum atomic E-state index is -4.41. The number of aryl methyl sites for hydroxylation is 1. The summed E-state index contributed by atoms with van der Waals surface area (Å²) in [5.74, 6) is 0.732. The van der Waals surface area contributed by atoms with Gasteiger partial charge in [0.1, 0.15) is 12.2 Å². The van der Waals surface area contributed by atoms with Crippen LogP contribution in [0.1, 0.15) is 17.0 Å². The van der Waals surface area contributed by atoms with Gasteiger partial charge in [-0.15, -0.1) is 0 Å². The lowest BCUT2D eigenvalue weighted by molar-refractivity contribution is -0.137. The number of amides is 1. The van der Waals surface area contributed by atoms with E-state index in [1.165, 1.54) is 17.3 Å². The third-order valence-corrected chi connectivity index (χ3v) is 3.80. The molecule has 0 saturated carbocycles. The van der Waals surface area contributed by atoms with Crippen molar-refractivity contribution in [2.24, 2.45) is 12.0 Å². The highest BCUT2D eigenvalue weighted by Gasteiger charge is 2.30. The van der Waals surface area contributed by atoms with E-state index in [0.29, 0.717) is 11.4 Å². The first-order valence-electron chi connectivity index (χ1n) is 8.38. The lowest BCUT2D eigenvalue weighted by atomic mass is 10.1. The van der Waals surface area contributed by atoms with Gasteiger partial charge in [-0.3, -0.25) is 9.48 Å². The summed E-state index contributed by atoms with van der Waals surface area (Å²) in [6, 6.07) is 4.95. The van der Waals surface area contributed by atoms with Crippen LogP contribution in [0.5, 0.6) is 0 Å². The number of carbonyl (C=O) groups excluding carboxylic acids is 1. The first kappa shape index (κ1) is 21.2. The minimum Gasteiger partial charge on any atom is -0.349 e. The molecule has 0 fully saturated rings. The molecule has 0 radical (unpaired) electrons. The van der Waals surface area contributed by atoms with Crippen LogP contribution in [0.3, 0.4) is 0 Å². The molecular weight excluding hydrogens is 375 g/mol. The number of alkyl halides is 3. The third kappa shape index (κ3) is 6.25. The lowest BCUT2D eigenvalue weighted by Gasteiger charge is -2.15. The van der Waals surface area contributed by atoms with E-state index in [2.05, 4.69) is 25.7 Å². The van der Waals surface area contributed by atoms with Gasteiger partial charge in [0.2, 0.25) is 5.91 Å². The Kier molecular flexibility index (Phi) is 6.96. The van der Waals surface area contributed by atoms with Crippen LogP contribution in [-0.4, -0.2) is 52.2 Å². The first-order valence-corrected chi connectivity index (χ1v) is 8.38. The van der Waals surface area contributed by atoms with Crippen molar-refractivity contribution in [3.05, 3.63) is 47.5 Å². The van der Waals surface area contributed by atoms with Gasteiger partial charge < -0.3 is 15.5 Å². The van der Waals surface area contributed by atoms with Crippen molar-refractivity contribution in [1.82, 2.24) is 30.3 Å². The van der Waals surface area contributed by atoms with Crippen LogP contribution in [0.4, 0.5) is 13.2 Å². The Balaban J connectivity index is 2.10. The summed E-state index contributed by atoms with van der Waals surface area (Å²) in [6.07, 6.45) is -3.01. The molecule has 0 saturated heterocycles. The molecule has 11 heteroatoms. The fourth-order valence-electron chi connectivity index (χ4n) is 2.15. The van der Waals surface area contributed by atoms with E-state index in [4.69, 9.17) is 0 Å². The molecule has 8 nitrogen and oxygen atoms in total. The van der Waals surface area contributed by atoms with Crippen molar-refractivity contribution in [2.75, 3.05) is 20.6 Å². The summed E-state index contributed by atoms with van der Waals surface area (Å²) < 4.78 is 40.1. The number of aliphatic imine (C=N–C) groups is 1. The minimum absolute atomic E-state index is 0.00816. The highest BCUT2D eigenvalue weighted by Crippen LogP contribution is 2.29. The summed E-state index contributed by atoms with van der Waals surface area (Å²) in [5.41, 5.74) is -0.335. The Morgan fingerprint density at radius 2 is 2.04 bits per heavy atom. The van der Waals surface area contributed by atoms with Gasteiger partial charge >= 0.3 is 6.18 Å². The maximum atomic E-state index is 12.8. The molecule has 2 aromatic rings. The first-order chi connectivity index (χ1) is 13.2. The number of carbonyl (C=O) groups is 1. The van der Waals surface area contributed by atoms with Crippen LogP contribution in [0.15, 0.2) is 35.6 Å². The number of hydrogen-bond acceptors (Lipinski definition) is 4.